The molecule has 17 heteroatoms. The molecular weight excluding hydrogens is 772 g/mol. The topological polar surface area (TPSA) is 167 Å². The minimum absolute atomic E-state index is 0.0140. The van der Waals surface area contributed by atoms with Crippen LogP contribution in [0, 0.1) is 11.7 Å². The summed E-state index contributed by atoms with van der Waals surface area (Å²) in [5.74, 6) is -0.949. The molecule has 6 aliphatic heterocycles. The van der Waals surface area contributed by atoms with Crippen LogP contribution in [0.25, 0.3) is 11.3 Å². The number of aromatic nitrogens is 2. The minimum atomic E-state index is -0.730. The first-order valence-electron chi connectivity index (χ1n) is 21.0. The van der Waals surface area contributed by atoms with Crippen LogP contribution in [-0.4, -0.2) is 155 Å². The summed E-state index contributed by atoms with van der Waals surface area (Å²) in [6.07, 6.45) is 2.62. The van der Waals surface area contributed by atoms with E-state index in [1.807, 2.05) is 28.0 Å². The normalized spacial score (nSPS) is 24.5. The van der Waals surface area contributed by atoms with Gasteiger partial charge in [0.15, 0.2) is 17.4 Å². The van der Waals surface area contributed by atoms with E-state index in [0.717, 1.165) is 62.5 Å². The maximum atomic E-state index is 14.4. The summed E-state index contributed by atoms with van der Waals surface area (Å²) in [6, 6.07) is 11.6. The summed E-state index contributed by atoms with van der Waals surface area (Å²) in [5, 5.41) is 24.9. The molecule has 1 unspecified atom stereocenters. The lowest BCUT2D eigenvalue weighted by Gasteiger charge is -2.56. The number of rotatable bonds is 7. The van der Waals surface area contributed by atoms with E-state index in [1.54, 1.807) is 18.1 Å². The van der Waals surface area contributed by atoms with Crippen molar-refractivity contribution in [1.29, 1.82) is 0 Å². The van der Waals surface area contributed by atoms with Gasteiger partial charge >= 0.3 is 6.03 Å². The van der Waals surface area contributed by atoms with Crippen molar-refractivity contribution in [2.75, 3.05) is 94.3 Å². The number of anilines is 3. The number of phenols is 1. The molecule has 318 valence electrons. The van der Waals surface area contributed by atoms with Crippen molar-refractivity contribution in [2.45, 2.75) is 63.2 Å². The Morgan fingerprint density at radius 2 is 1.78 bits per heavy atom. The van der Waals surface area contributed by atoms with Gasteiger partial charge in [0.05, 0.1) is 29.1 Å². The van der Waals surface area contributed by atoms with Gasteiger partial charge in [0.1, 0.15) is 6.04 Å². The van der Waals surface area contributed by atoms with Crippen molar-refractivity contribution in [3.05, 3.63) is 59.4 Å². The zero-order chi connectivity index (χ0) is 41.9. The highest BCUT2D eigenvalue weighted by molar-refractivity contribution is 6.05. The molecular formula is C43H53FN10O6. The van der Waals surface area contributed by atoms with Gasteiger partial charge < -0.3 is 39.7 Å². The Morgan fingerprint density at radius 1 is 0.967 bits per heavy atom. The first-order chi connectivity index (χ1) is 28.8. The average molecular weight is 825 g/mol. The summed E-state index contributed by atoms with van der Waals surface area (Å²) >= 11 is 0. The number of piperazine rings is 2. The van der Waals surface area contributed by atoms with E-state index in [4.69, 9.17) is 4.74 Å². The Morgan fingerprint density at radius 3 is 2.55 bits per heavy atom. The van der Waals surface area contributed by atoms with Gasteiger partial charge in [-0.15, -0.1) is 10.2 Å². The molecule has 2 atom stereocenters. The van der Waals surface area contributed by atoms with Crippen LogP contribution in [0.3, 0.4) is 0 Å². The molecule has 2 aromatic carbocycles. The number of ether oxygens (including phenoxy) is 1. The van der Waals surface area contributed by atoms with Crippen LogP contribution in [0.5, 0.6) is 5.75 Å². The molecule has 0 aliphatic carbocycles. The van der Waals surface area contributed by atoms with E-state index >= 15 is 0 Å². The SMILES string of the molecule is COCC12CNc3nnc(-c4cccc(F)c4O)cc3N1CCN(C(=O)N1CCN(CC3CCN(c4ccc5c(c4)C(=O)N([C@H]4CCC(=O)NC4=O)C5)CC3)CC1(C)C)C2. The number of methoxy groups -OCH3 is 1. The number of fused-ring (bicyclic) bond motifs is 4. The molecule has 5 amide bonds. The number of hydrogen-bond donors (Lipinski definition) is 3. The second-order valence-electron chi connectivity index (χ2n) is 17.8. The molecule has 0 bridgehead atoms. The van der Waals surface area contributed by atoms with Crippen molar-refractivity contribution >= 4 is 40.9 Å². The Kier molecular flexibility index (Phi) is 10.3. The number of para-hydroxylation sites is 1. The second-order valence-corrected chi connectivity index (χ2v) is 17.8. The molecule has 9 rings (SSSR count). The number of nitrogens with zero attached hydrogens (tertiary/aromatic N) is 8. The predicted molar refractivity (Wildman–Crippen MR) is 221 cm³/mol. The molecule has 7 heterocycles. The van der Waals surface area contributed by atoms with Crippen molar-refractivity contribution in [3.8, 4) is 17.0 Å². The van der Waals surface area contributed by atoms with Gasteiger partial charge in [-0.2, -0.15) is 0 Å². The van der Waals surface area contributed by atoms with E-state index in [1.165, 1.54) is 12.1 Å². The van der Waals surface area contributed by atoms with E-state index in [0.29, 0.717) is 75.3 Å². The lowest BCUT2D eigenvalue weighted by Crippen LogP contribution is -2.72. The summed E-state index contributed by atoms with van der Waals surface area (Å²) in [5.41, 5.74) is 2.95. The van der Waals surface area contributed by atoms with E-state index in [2.05, 4.69) is 55.4 Å². The Balaban J connectivity index is 0.800. The number of carbonyl (C=O) groups is 4. The maximum Gasteiger partial charge on any atom is 0.320 e. The molecule has 16 nitrogen and oxygen atoms in total. The van der Waals surface area contributed by atoms with Crippen LogP contribution in [0.15, 0.2) is 42.5 Å². The molecule has 4 saturated heterocycles. The predicted octanol–water partition coefficient (Wildman–Crippen LogP) is 3.11. The lowest BCUT2D eigenvalue weighted by atomic mass is 9.90. The summed E-state index contributed by atoms with van der Waals surface area (Å²) in [4.78, 5) is 64.7. The third-order valence-corrected chi connectivity index (χ3v) is 13.5. The quantitative estimate of drug-likeness (QED) is 0.299. The minimum Gasteiger partial charge on any atom is -0.504 e. The number of imide groups is 1. The van der Waals surface area contributed by atoms with Crippen molar-refractivity contribution in [1.82, 2.24) is 35.1 Å². The van der Waals surface area contributed by atoms with Crippen molar-refractivity contribution in [2.24, 2.45) is 5.92 Å². The van der Waals surface area contributed by atoms with Crippen LogP contribution in [0.1, 0.15) is 55.5 Å². The highest BCUT2D eigenvalue weighted by Crippen LogP contribution is 2.41. The number of phenolic OH excluding ortho intramolecular Hbond substituents is 1. The second kappa shape index (κ2) is 15.5. The van der Waals surface area contributed by atoms with Gasteiger partial charge in [-0.1, -0.05) is 12.1 Å². The van der Waals surface area contributed by atoms with Crippen LogP contribution < -0.4 is 20.4 Å². The van der Waals surface area contributed by atoms with Crippen LogP contribution in [0.2, 0.25) is 0 Å². The zero-order valence-electron chi connectivity index (χ0n) is 34.5. The average Bonchev–Trinajstić information content (AvgIpc) is 3.56. The number of urea groups is 1. The molecule has 3 N–H and O–H groups in total. The summed E-state index contributed by atoms with van der Waals surface area (Å²) in [7, 11) is 1.66. The maximum absolute atomic E-state index is 14.4. The number of nitrogens with one attached hydrogen (secondary N) is 2. The molecule has 1 aromatic heterocycles. The Labute approximate surface area is 348 Å². The Hall–Kier alpha value is -5.55. The van der Waals surface area contributed by atoms with Crippen LogP contribution in [0.4, 0.5) is 26.4 Å². The van der Waals surface area contributed by atoms with Crippen LogP contribution >= 0.6 is 0 Å². The molecule has 6 aliphatic rings. The van der Waals surface area contributed by atoms with Gasteiger partial charge in [0, 0.05) is 102 Å². The fourth-order valence-corrected chi connectivity index (χ4v) is 10.3. The zero-order valence-corrected chi connectivity index (χ0v) is 34.5. The molecule has 3 aromatic rings. The summed E-state index contributed by atoms with van der Waals surface area (Å²) < 4.78 is 20.0. The third kappa shape index (κ3) is 7.14. The third-order valence-electron chi connectivity index (χ3n) is 13.5. The largest absolute Gasteiger partial charge is 0.504 e. The van der Waals surface area contributed by atoms with E-state index < -0.39 is 34.6 Å². The summed E-state index contributed by atoms with van der Waals surface area (Å²) in [6.45, 7) is 11.9. The number of amides is 5. The number of piperidine rings is 2. The first-order valence-corrected chi connectivity index (χ1v) is 21.0. The van der Waals surface area contributed by atoms with Gasteiger partial charge in [-0.05, 0) is 74.9 Å². The van der Waals surface area contributed by atoms with Gasteiger partial charge in [0.25, 0.3) is 5.91 Å². The van der Waals surface area contributed by atoms with Gasteiger partial charge in [0.2, 0.25) is 11.8 Å². The van der Waals surface area contributed by atoms with E-state index in [-0.39, 0.29) is 29.8 Å². The highest BCUT2D eigenvalue weighted by atomic mass is 19.1. The number of aromatic hydroxyl groups is 1. The smallest absolute Gasteiger partial charge is 0.320 e. The van der Waals surface area contributed by atoms with Crippen LogP contribution in [-0.2, 0) is 20.9 Å². The number of benzene rings is 2. The number of hydrogen-bond acceptors (Lipinski definition) is 12. The molecule has 4 fully saturated rings. The fraction of sp³-hybridized carbons (Fsp3) is 0.535. The number of carbonyl (C=O) groups excluding carboxylic acids is 4. The monoisotopic (exact) mass is 824 g/mol. The molecule has 60 heavy (non-hydrogen) atoms. The van der Waals surface area contributed by atoms with Gasteiger partial charge in [-0.25, -0.2) is 9.18 Å². The lowest BCUT2D eigenvalue weighted by molar-refractivity contribution is -0.136. The Bertz CT molecular complexity index is 2220. The molecule has 0 spiro atoms. The van der Waals surface area contributed by atoms with Gasteiger partial charge in [-0.3, -0.25) is 24.6 Å². The standard InChI is InChI=1S/C43H53FN10O6/c1-42(2)24-49(21-27-11-13-50(14-12-27)29-8-7-28-22-52(40(58)31(28)19-29)34-9-10-36(55)46-39(34)57)15-17-54(42)41(59)51-16-18-53-35-20-33(30-5-4-6-32(44)37(30)56)47-48-38(35)45-23-43(53,25-51)26-60-3/h4-8,19-20,27,34,56H,9-18,21-26H2,1-3H3,(H,45,48)(H,46,55,57)/t34-,43?/m0/s1. The van der Waals surface area contributed by atoms with Crippen molar-refractivity contribution < 1.29 is 33.4 Å². The first kappa shape index (κ1) is 39.9. The van der Waals surface area contributed by atoms with E-state index in [9.17, 15) is 28.7 Å². The fourth-order valence-electron chi connectivity index (χ4n) is 10.3. The molecule has 0 radical (unpaired) electrons. The number of halogens is 1. The highest BCUT2D eigenvalue weighted by Gasteiger charge is 2.49. The molecule has 0 saturated carbocycles. The van der Waals surface area contributed by atoms with Crippen molar-refractivity contribution in [3.63, 3.8) is 0 Å².